The summed E-state index contributed by atoms with van der Waals surface area (Å²) in [6.45, 7) is 4.68. The molecular weight excluding hydrogens is 212 g/mol. The van der Waals surface area contributed by atoms with Gasteiger partial charge in [-0.05, 0) is 58.0 Å². The highest BCUT2D eigenvalue weighted by molar-refractivity contribution is 5.02. The molecule has 3 heterocycles. The summed E-state index contributed by atoms with van der Waals surface area (Å²) in [6.07, 6.45) is 7.21. The molecule has 0 bridgehead atoms. The van der Waals surface area contributed by atoms with E-state index in [1.807, 2.05) is 6.07 Å². The molecule has 3 rings (SSSR count). The fourth-order valence-electron chi connectivity index (χ4n) is 3.55. The van der Waals surface area contributed by atoms with Crippen LogP contribution in [0.25, 0.3) is 0 Å². The fraction of sp³-hybridized carbons (Fsp3) is 0.714. The predicted octanol–water partition coefficient (Wildman–Crippen LogP) is 2.34. The maximum atomic E-state index is 5.46. The molecule has 2 saturated heterocycles. The largest absolute Gasteiger partial charge is 0.468 e. The molecule has 2 aliphatic heterocycles. The van der Waals surface area contributed by atoms with Crippen molar-refractivity contribution < 1.29 is 4.42 Å². The highest BCUT2D eigenvalue weighted by atomic mass is 16.3. The van der Waals surface area contributed by atoms with Gasteiger partial charge in [0.15, 0.2) is 0 Å². The van der Waals surface area contributed by atoms with Crippen molar-refractivity contribution >= 4 is 0 Å². The minimum Gasteiger partial charge on any atom is -0.468 e. The van der Waals surface area contributed by atoms with E-state index >= 15 is 0 Å². The molecular formula is C14H22N2O. The van der Waals surface area contributed by atoms with Crippen LogP contribution in [0.5, 0.6) is 0 Å². The summed E-state index contributed by atoms with van der Waals surface area (Å²) in [5.41, 5.74) is 0.463. The molecule has 1 atom stereocenters. The predicted molar refractivity (Wildman–Crippen MR) is 67.8 cm³/mol. The van der Waals surface area contributed by atoms with Crippen LogP contribution in [0.2, 0.25) is 0 Å². The molecule has 1 spiro atoms. The number of rotatable bonds is 2. The van der Waals surface area contributed by atoms with E-state index in [4.69, 9.17) is 4.42 Å². The zero-order valence-electron chi connectivity index (χ0n) is 10.7. The van der Waals surface area contributed by atoms with Crippen molar-refractivity contribution in [3.05, 3.63) is 24.2 Å². The molecule has 0 aromatic carbocycles. The molecule has 0 unspecified atom stereocenters. The summed E-state index contributed by atoms with van der Waals surface area (Å²) in [6, 6.07) is 4.07. The van der Waals surface area contributed by atoms with Crippen LogP contribution >= 0.6 is 0 Å². The van der Waals surface area contributed by atoms with E-state index in [0.717, 1.165) is 12.3 Å². The Bertz CT molecular complexity index is 362. The fourth-order valence-corrected chi connectivity index (χ4v) is 3.55. The van der Waals surface area contributed by atoms with E-state index in [1.54, 1.807) is 6.26 Å². The number of likely N-dealkylation sites (N-methyl/N-ethyl adjacent to an activating group) is 1. The third-order valence-electron chi connectivity index (χ3n) is 4.54. The van der Waals surface area contributed by atoms with E-state index < -0.39 is 0 Å². The van der Waals surface area contributed by atoms with Crippen LogP contribution in [0.15, 0.2) is 22.8 Å². The molecule has 0 N–H and O–H groups in total. The summed E-state index contributed by atoms with van der Waals surface area (Å²) in [5, 5.41) is 0. The van der Waals surface area contributed by atoms with Crippen molar-refractivity contribution in [2.24, 2.45) is 0 Å². The van der Waals surface area contributed by atoms with Gasteiger partial charge in [-0.25, -0.2) is 0 Å². The lowest BCUT2D eigenvalue weighted by atomic mass is 9.86. The van der Waals surface area contributed by atoms with Gasteiger partial charge >= 0.3 is 0 Å². The van der Waals surface area contributed by atoms with Gasteiger partial charge in [0.2, 0.25) is 0 Å². The van der Waals surface area contributed by atoms with Crippen LogP contribution in [-0.4, -0.2) is 42.0 Å². The van der Waals surface area contributed by atoms with E-state index in [-0.39, 0.29) is 0 Å². The highest BCUT2D eigenvalue weighted by Gasteiger charge is 2.41. The Morgan fingerprint density at radius 1 is 1.29 bits per heavy atom. The van der Waals surface area contributed by atoms with Crippen molar-refractivity contribution in [1.82, 2.24) is 9.80 Å². The van der Waals surface area contributed by atoms with Gasteiger partial charge in [0.25, 0.3) is 0 Å². The molecule has 0 saturated carbocycles. The number of piperidine rings is 1. The zero-order chi connectivity index (χ0) is 11.7. The monoisotopic (exact) mass is 234 g/mol. The highest BCUT2D eigenvalue weighted by Crippen LogP contribution is 2.36. The number of likely N-dealkylation sites (tertiary alicyclic amines) is 2. The smallest absolute Gasteiger partial charge is 0.117 e. The lowest BCUT2D eigenvalue weighted by Crippen LogP contribution is -2.53. The second-order valence-electron chi connectivity index (χ2n) is 5.64. The van der Waals surface area contributed by atoms with Gasteiger partial charge in [0, 0.05) is 12.1 Å². The first-order chi connectivity index (χ1) is 8.28. The molecule has 3 nitrogen and oxygen atoms in total. The minimum atomic E-state index is 0.463. The summed E-state index contributed by atoms with van der Waals surface area (Å²) >= 11 is 0. The lowest BCUT2D eigenvalue weighted by Gasteiger charge is -2.44. The molecule has 2 fully saturated rings. The standard InChI is InChI=1S/C14H22N2O/c1-15-8-3-6-14(15)7-4-9-16(12-14)11-13-5-2-10-17-13/h2,5,10H,3-4,6-9,11-12H2,1H3/t14-/m1/s1. The number of hydrogen-bond acceptors (Lipinski definition) is 3. The number of nitrogens with zero attached hydrogens (tertiary/aromatic N) is 2. The Balaban J connectivity index is 1.67. The first-order valence-electron chi connectivity index (χ1n) is 6.75. The van der Waals surface area contributed by atoms with E-state index in [1.165, 1.54) is 45.3 Å². The Hall–Kier alpha value is -0.800. The maximum Gasteiger partial charge on any atom is 0.117 e. The Morgan fingerprint density at radius 3 is 2.82 bits per heavy atom. The first-order valence-corrected chi connectivity index (χ1v) is 6.75. The maximum absolute atomic E-state index is 5.46. The first kappa shape index (κ1) is 11.3. The normalized spacial score (nSPS) is 31.4. The molecule has 0 radical (unpaired) electrons. The second kappa shape index (κ2) is 4.46. The summed E-state index contributed by atoms with van der Waals surface area (Å²) in [5.74, 6) is 1.10. The van der Waals surface area contributed by atoms with Gasteiger partial charge < -0.3 is 4.42 Å². The van der Waals surface area contributed by atoms with Crippen LogP contribution in [0, 0.1) is 0 Å². The Kier molecular flexibility index (Phi) is 2.97. The molecule has 17 heavy (non-hydrogen) atoms. The molecule has 1 aromatic heterocycles. The molecule has 1 aromatic rings. The zero-order valence-corrected chi connectivity index (χ0v) is 10.7. The third kappa shape index (κ3) is 2.14. The Labute approximate surface area is 103 Å². The second-order valence-corrected chi connectivity index (χ2v) is 5.64. The van der Waals surface area contributed by atoms with Crippen LogP contribution in [0.4, 0.5) is 0 Å². The average molecular weight is 234 g/mol. The van der Waals surface area contributed by atoms with Crippen molar-refractivity contribution in [2.75, 3.05) is 26.7 Å². The topological polar surface area (TPSA) is 19.6 Å². The van der Waals surface area contributed by atoms with Gasteiger partial charge in [-0.1, -0.05) is 0 Å². The van der Waals surface area contributed by atoms with E-state index in [0.29, 0.717) is 5.54 Å². The van der Waals surface area contributed by atoms with Crippen molar-refractivity contribution in [1.29, 1.82) is 0 Å². The van der Waals surface area contributed by atoms with Gasteiger partial charge in [0.05, 0.1) is 12.8 Å². The van der Waals surface area contributed by atoms with Crippen LogP contribution in [0.3, 0.4) is 0 Å². The lowest BCUT2D eigenvalue weighted by molar-refractivity contribution is 0.0505. The molecule has 94 valence electrons. The Morgan fingerprint density at radius 2 is 2.12 bits per heavy atom. The van der Waals surface area contributed by atoms with Crippen LogP contribution in [-0.2, 0) is 6.54 Å². The SMILES string of the molecule is CN1CCC[C@]12CCCN(Cc1ccco1)C2. The van der Waals surface area contributed by atoms with Crippen molar-refractivity contribution in [2.45, 2.75) is 37.8 Å². The van der Waals surface area contributed by atoms with E-state index in [2.05, 4.69) is 22.9 Å². The van der Waals surface area contributed by atoms with Crippen molar-refractivity contribution in [3.63, 3.8) is 0 Å². The van der Waals surface area contributed by atoms with Crippen molar-refractivity contribution in [3.8, 4) is 0 Å². The summed E-state index contributed by atoms with van der Waals surface area (Å²) in [4.78, 5) is 5.14. The third-order valence-corrected chi connectivity index (χ3v) is 4.54. The average Bonchev–Trinajstić information content (AvgIpc) is 2.92. The molecule has 0 amide bonds. The summed E-state index contributed by atoms with van der Waals surface area (Å²) < 4.78 is 5.46. The van der Waals surface area contributed by atoms with Gasteiger partial charge in [0.1, 0.15) is 5.76 Å². The van der Waals surface area contributed by atoms with Crippen LogP contribution in [0.1, 0.15) is 31.4 Å². The summed E-state index contributed by atoms with van der Waals surface area (Å²) in [7, 11) is 2.30. The minimum absolute atomic E-state index is 0.463. The van der Waals surface area contributed by atoms with Gasteiger partial charge in [-0.3, -0.25) is 9.80 Å². The molecule has 2 aliphatic rings. The quantitative estimate of drug-likeness (QED) is 0.783. The van der Waals surface area contributed by atoms with E-state index in [9.17, 15) is 0 Å². The molecule has 3 heteroatoms. The number of furan rings is 1. The molecule has 0 aliphatic carbocycles. The number of hydrogen-bond donors (Lipinski definition) is 0. The van der Waals surface area contributed by atoms with Gasteiger partial charge in [-0.2, -0.15) is 0 Å². The van der Waals surface area contributed by atoms with Crippen LogP contribution < -0.4 is 0 Å². The van der Waals surface area contributed by atoms with Gasteiger partial charge in [-0.15, -0.1) is 0 Å².